The molecule has 0 radical (unpaired) electrons. The van der Waals surface area contributed by atoms with Crippen molar-refractivity contribution in [3.63, 3.8) is 0 Å². The van der Waals surface area contributed by atoms with Crippen LogP contribution in [0.2, 0.25) is 5.02 Å². The van der Waals surface area contributed by atoms with Gasteiger partial charge in [-0.15, -0.1) is 24.0 Å². The monoisotopic (exact) mass is 535 g/mol. The van der Waals surface area contributed by atoms with Crippen LogP contribution >= 0.6 is 35.6 Å². The molecule has 1 amide bonds. The number of amides is 1. The predicted molar refractivity (Wildman–Crippen MR) is 134 cm³/mol. The first kappa shape index (κ1) is 26.0. The van der Waals surface area contributed by atoms with Crippen molar-refractivity contribution in [2.45, 2.75) is 45.4 Å². The number of nitrogens with one attached hydrogen (secondary N) is 3. The Kier molecular flexibility index (Phi) is 13.3. The summed E-state index contributed by atoms with van der Waals surface area (Å²) < 4.78 is 0. The third kappa shape index (κ3) is 10.5. The molecule has 0 spiro atoms. The Morgan fingerprint density at radius 3 is 2.48 bits per heavy atom. The van der Waals surface area contributed by atoms with Crippen LogP contribution < -0.4 is 16.0 Å². The number of anilines is 1. The number of benzene rings is 1. The summed E-state index contributed by atoms with van der Waals surface area (Å²) in [4.78, 5) is 18.9. The molecular weight excluding hydrogens is 501 g/mol. The molecule has 0 aliphatic carbocycles. The van der Waals surface area contributed by atoms with Crippen LogP contribution in [0.1, 0.15) is 44.1 Å². The first-order chi connectivity index (χ1) is 13.6. The summed E-state index contributed by atoms with van der Waals surface area (Å²) in [5, 5.41) is 9.92. The molecule has 0 atom stereocenters. The lowest BCUT2D eigenvalue weighted by atomic mass is 10.2. The molecule has 1 aliphatic rings. The smallest absolute Gasteiger partial charge is 0.226 e. The van der Waals surface area contributed by atoms with Crippen molar-refractivity contribution in [1.82, 2.24) is 15.5 Å². The van der Waals surface area contributed by atoms with Gasteiger partial charge in [0.05, 0.1) is 10.7 Å². The lowest BCUT2D eigenvalue weighted by Crippen LogP contribution is -2.40. The highest BCUT2D eigenvalue weighted by atomic mass is 127. The van der Waals surface area contributed by atoms with Crippen LogP contribution in [0.25, 0.3) is 0 Å². The normalized spacial score (nSPS) is 15.2. The van der Waals surface area contributed by atoms with Crippen molar-refractivity contribution in [1.29, 1.82) is 0 Å². The molecule has 1 aromatic rings. The maximum absolute atomic E-state index is 12.1. The molecule has 1 fully saturated rings. The van der Waals surface area contributed by atoms with Gasteiger partial charge in [-0.1, -0.05) is 30.5 Å². The Morgan fingerprint density at radius 2 is 1.83 bits per heavy atom. The zero-order valence-electron chi connectivity index (χ0n) is 17.6. The number of aliphatic imine (C=N–C) groups is 1. The minimum absolute atomic E-state index is 0. The van der Waals surface area contributed by atoms with Gasteiger partial charge >= 0.3 is 0 Å². The predicted octanol–water partition coefficient (Wildman–Crippen LogP) is 4.03. The Hall–Kier alpha value is -1.06. The van der Waals surface area contributed by atoms with E-state index >= 15 is 0 Å². The van der Waals surface area contributed by atoms with Gasteiger partial charge in [0.1, 0.15) is 0 Å². The highest BCUT2D eigenvalue weighted by molar-refractivity contribution is 14.0. The Labute approximate surface area is 197 Å². The molecule has 6 nitrogen and oxygen atoms in total. The van der Waals surface area contributed by atoms with E-state index in [1.807, 2.05) is 25.1 Å². The van der Waals surface area contributed by atoms with Crippen molar-refractivity contribution < 1.29 is 4.79 Å². The molecule has 0 aromatic heterocycles. The first-order valence-electron chi connectivity index (χ1n) is 10.3. The Bertz CT molecular complexity index is 648. The highest BCUT2D eigenvalue weighted by Gasteiger charge is 2.09. The molecule has 164 valence electrons. The molecule has 0 unspecified atom stereocenters. The molecule has 1 saturated heterocycles. The Morgan fingerprint density at radius 1 is 1.14 bits per heavy atom. The number of carbonyl (C=O) groups excluding carboxylic acids is 1. The molecule has 0 bridgehead atoms. The maximum Gasteiger partial charge on any atom is 0.226 e. The minimum Gasteiger partial charge on any atom is -0.356 e. The second-order valence-electron chi connectivity index (χ2n) is 7.32. The minimum atomic E-state index is -0.0742. The third-order valence-corrected chi connectivity index (χ3v) is 5.22. The van der Waals surface area contributed by atoms with Gasteiger partial charge in [0.2, 0.25) is 5.91 Å². The maximum atomic E-state index is 12.1. The van der Waals surface area contributed by atoms with Crippen molar-refractivity contribution in [2.75, 3.05) is 45.1 Å². The van der Waals surface area contributed by atoms with Crippen LogP contribution in [-0.2, 0) is 4.79 Å². The van der Waals surface area contributed by atoms with Gasteiger partial charge in [-0.25, -0.2) is 0 Å². The van der Waals surface area contributed by atoms with Crippen LogP contribution in [-0.4, -0.2) is 56.5 Å². The lowest BCUT2D eigenvalue weighted by Gasteiger charge is -2.20. The molecule has 1 aliphatic heterocycles. The zero-order valence-corrected chi connectivity index (χ0v) is 20.7. The first-order valence-corrected chi connectivity index (χ1v) is 10.7. The summed E-state index contributed by atoms with van der Waals surface area (Å²) in [6, 6.07) is 5.59. The molecule has 2 rings (SSSR count). The second-order valence-corrected chi connectivity index (χ2v) is 7.72. The van der Waals surface area contributed by atoms with E-state index in [2.05, 4.69) is 25.8 Å². The standard InChI is InChI=1S/C21H34ClN5O.HI/c1-17-8-9-19(18(22)16-17)26-20(28)10-12-25-21(23-2)24-11-7-15-27-13-5-3-4-6-14-27;/h8-9,16H,3-7,10-15H2,1-2H3,(H,26,28)(H2,23,24,25);1H. The number of nitrogens with zero attached hydrogens (tertiary/aromatic N) is 2. The van der Waals surface area contributed by atoms with E-state index in [9.17, 15) is 4.79 Å². The molecule has 3 N–H and O–H groups in total. The van der Waals surface area contributed by atoms with Gasteiger partial charge in [-0.05, 0) is 63.5 Å². The van der Waals surface area contributed by atoms with E-state index in [0.29, 0.717) is 23.7 Å². The van der Waals surface area contributed by atoms with Gasteiger partial charge in [0, 0.05) is 26.6 Å². The van der Waals surface area contributed by atoms with Crippen molar-refractivity contribution in [2.24, 2.45) is 4.99 Å². The molecule has 1 heterocycles. The van der Waals surface area contributed by atoms with E-state index in [-0.39, 0.29) is 29.9 Å². The van der Waals surface area contributed by atoms with Crippen LogP contribution in [0.5, 0.6) is 0 Å². The number of likely N-dealkylation sites (tertiary alicyclic amines) is 1. The summed E-state index contributed by atoms with van der Waals surface area (Å²) in [6.45, 7) is 6.94. The second kappa shape index (κ2) is 14.8. The largest absolute Gasteiger partial charge is 0.356 e. The fourth-order valence-electron chi connectivity index (χ4n) is 3.32. The number of hydrogen-bond donors (Lipinski definition) is 3. The third-order valence-electron chi connectivity index (χ3n) is 4.91. The summed E-state index contributed by atoms with van der Waals surface area (Å²) in [5.41, 5.74) is 1.71. The molecule has 0 saturated carbocycles. The van der Waals surface area contributed by atoms with Crippen LogP contribution in [0.3, 0.4) is 0 Å². The SMILES string of the molecule is CN=C(NCCCN1CCCCCC1)NCCC(=O)Nc1ccc(C)cc1Cl.I. The number of rotatable bonds is 8. The van der Waals surface area contributed by atoms with Crippen molar-refractivity contribution >= 4 is 53.1 Å². The number of guanidine groups is 1. The topological polar surface area (TPSA) is 68.8 Å². The van der Waals surface area contributed by atoms with Gasteiger partial charge in [-0.3, -0.25) is 9.79 Å². The highest BCUT2D eigenvalue weighted by Crippen LogP contribution is 2.22. The molecule has 29 heavy (non-hydrogen) atoms. The number of aryl methyl sites for hydroxylation is 1. The van der Waals surface area contributed by atoms with Gasteiger partial charge < -0.3 is 20.9 Å². The Balaban J connectivity index is 0.00000420. The van der Waals surface area contributed by atoms with E-state index in [0.717, 1.165) is 31.0 Å². The van der Waals surface area contributed by atoms with E-state index in [1.165, 1.54) is 38.8 Å². The fourth-order valence-corrected chi connectivity index (χ4v) is 3.60. The summed E-state index contributed by atoms with van der Waals surface area (Å²) >= 11 is 6.15. The molecular formula is C21H35ClIN5O. The van der Waals surface area contributed by atoms with E-state index < -0.39 is 0 Å². The average Bonchev–Trinajstić information content (AvgIpc) is 2.95. The number of halogens is 2. The van der Waals surface area contributed by atoms with Crippen molar-refractivity contribution in [3.05, 3.63) is 28.8 Å². The molecule has 8 heteroatoms. The van der Waals surface area contributed by atoms with Gasteiger partial charge in [-0.2, -0.15) is 0 Å². The average molecular weight is 536 g/mol. The van der Waals surface area contributed by atoms with Crippen LogP contribution in [0.4, 0.5) is 5.69 Å². The van der Waals surface area contributed by atoms with Gasteiger partial charge in [0.25, 0.3) is 0 Å². The summed E-state index contributed by atoms with van der Waals surface area (Å²) in [6.07, 6.45) is 6.83. The van der Waals surface area contributed by atoms with Gasteiger partial charge in [0.15, 0.2) is 5.96 Å². The molecule has 1 aromatic carbocycles. The zero-order chi connectivity index (χ0) is 20.2. The quantitative estimate of drug-likeness (QED) is 0.204. The van der Waals surface area contributed by atoms with E-state index in [4.69, 9.17) is 11.6 Å². The summed E-state index contributed by atoms with van der Waals surface area (Å²) in [5.74, 6) is 0.659. The number of hydrogen-bond acceptors (Lipinski definition) is 3. The van der Waals surface area contributed by atoms with Crippen molar-refractivity contribution in [3.8, 4) is 0 Å². The van der Waals surface area contributed by atoms with E-state index in [1.54, 1.807) is 7.05 Å². The summed E-state index contributed by atoms with van der Waals surface area (Å²) in [7, 11) is 1.75. The fraction of sp³-hybridized carbons (Fsp3) is 0.619. The van der Waals surface area contributed by atoms with Crippen LogP contribution in [0, 0.1) is 6.92 Å². The van der Waals surface area contributed by atoms with Crippen LogP contribution in [0.15, 0.2) is 23.2 Å². The lowest BCUT2D eigenvalue weighted by molar-refractivity contribution is -0.116. The number of carbonyl (C=O) groups is 1.